The maximum atomic E-state index is 12.2. The summed E-state index contributed by atoms with van der Waals surface area (Å²) in [5, 5.41) is 11.2. The molecule has 1 aromatic rings. The van der Waals surface area contributed by atoms with E-state index in [1.54, 1.807) is 24.3 Å². The molecule has 7 nitrogen and oxygen atoms in total. The van der Waals surface area contributed by atoms with E-state index in [0.717, 1.165) is 5.56 Å². The standard InChI is InChI=1S/C14H14N2O5/c17-8-16-11(7-12(18)19)13(20)15-10(14(16)21)6-9-4-2-1-3-5-9/h1-5,8,10-11H,6-7H2,(H,15,20)(H,18,19)/t10-,11-/m0/s1. The molecule has 1 heterocycles. The molecule has 1 aliphatic rings. The highest BCUT2D eigenvalue weighted by Gasteiger charge is 2.41. The highest BCUT2D eigenvalue weighted by atomic mass is 16.4. The highest BCUT2D eigenvalue weighted by molar-refractivity contribution is 6.03. The lowest BCUT2D eigenvalue weighted by molar-refractivity contribution is -0.156. The molecule has 1 aromatic carbocycles. The minimum absolute atomic E-state index is 0.215. The molecule has 0 radical (unpaired) electrons. The van der Waals surface area contributed by atoms with Crippen LogP contribution < -0.4 is 5.32 Å². The molecule has 0 unspecified atom stereocenters. The Balaban J connectivity index is 2.17. The molecule has 2 rings (SSSR count). The number of rotatable bonds is 5. The Morgan fingerprint density at radius 3 is 2.52 bits per heavy atom. The molecule has 0 aliphatic carbocycles. The quantitative estimate of drug-likeness (QED) is 0.715. The lowest BCUT2D eigenvalue weighted by atomic mass is 9.99. The van der Waals surface area contributed by atoms with Crippen molar-refractivity contribution in [1.82, 2.24) is 10.2 Å². The van der Waals surface area contributed by atoms with Gasteiger partial charge in [0.05, 0.1) is 6.42 Å². The number of hydrogen-bond acceptors (Lipinski definition) is 4. The normalized spacial score (nSPS) is 21.8. The number of hydrogen-bond donors (Lipinski definition) is 2. The Morgan fingerprint density at radius 1 is 1.29 bits per heavy atom. The van der Waals surface area contributed by atoms with E-state index in [2.05, 4.69) is 5.32 Å². The maximum Gasteiger partial charge on any atom is 0.306 e. The van der Waals surface area contributed by atoms with Gasteiger partial charge in [0.25, 0.3) is 5.91 Å². The monoisotopic (exact) mass is 290 g/mol. The van der Waals surface area contributed by atoms with E-state index in [-0.39, 0.29) is 12.8 Å². The van der Waals surface area contributed by atoms with Gasteiger partial charge in [-0.05, 0) is 5.56 Å². The Bertz CT molecular complexity index is 572. The fraction of sp³-hybridized carbons (Fsp3) is 0.286. The molecule has 0 spiro atoms. The van der Waals surface area contributed by atoms with E-state index in [0.29, 0.717) is 4.90 Å². The molecule has 3 amide bonds. The van der Waals surface area contributed by atoms with Crippen LogP contribution in [-0.2, 0) is 25.6 Å². The first-order chi connectivity index (χ1) is 10.0. The molecular weight excluding hydrogens is 276 g/mol. The van der Waals surface area contributed by atoms with Crippen LogP contribution in [0.4, 0.5) is 0 Å². The summed E-state index contributed by atoms with van der Waals surface area (Å²) in [6, 6.07) is 6.87. The first kappa shape index (κ1) is 14.7. The zero-order valence-corrected chi connectivity index (χ0v) is 11.1. The minimum atomic E-state index is -1.29. The third-order valence-corrected chi connectivity index (χ3v) is 3.27. The summed E-state index contributed by atoms with van der Waals surface area (Å²) >= 11 is 0. The summed E-state index contributed by atoms with van der Waals surface area (Å²) in [5.74, 6) is -2.49. The number of carboxylic acid groups (broad SMARTS) is 1. The molecule has 1 fully saturated rings. The summed E-state index contributed by atoms with van der Waals surface area (Å²) < 4.78 is 0. The number of carbonyl (C=O) groups is 4. The summed E-state index contributed by atoms with van der Waals surface area (Å²) in [5.41, 5.74) is 0.832. The summed E-state index contributed by atoms with van der Waals surface area (Å²) in [6.07, 6.45) is -0.142. The van der Waals surface area contributed by atoms with Crippen LogP contribution in [0.2, 0.25) is 0 Å². The van der Waals surface area contributed by atoms with Crippen LogP contribution in [0.3, 0.4) is 0 Å². The number of imide groups is 1. The van der Waals surface area contributed by atoms with Gasteiger partial charge >= 0.3 is 5.97 Å². The van der Waals surface area contributed by atoms with E-state index in [1.165, 1.54) is 0 Å². The molecular formula is C14H14N2O5. The first-order valence-electron chi connectivity index (χ1n) is 6.36. The summed E-state index contributed by atoms with van der Waals surface area (Å²) in [4.78, 5) is 46.5. The first-order valence-corrected chi connectivity index (χ1v) is 6.36. The van der Waals surface area contributed by atoms with Gasteiger partial charge in [-0.1, -0.05) is 30.3 Å². The maximum absolute atomic E-state index is 12.2. The van der Waals surface area contributed by atoms with Crippen molar-refractivity contribution >= 4 is 24.2 Å². The van der Waals surface area contributed by atoms with Gasteiger partial charge in [0.1, 0.15) is 12.1 Å². The second-order valence-corrected chi connectivity index (χ2v) is 4.72. The van der Waals surface area contributed by atoms with Gasteiger partial charge in [-0.25, -0.2) is 0 Å². The largest absolute Gasteiger partial charge is 0.481 e. The predicted octanol–water partition coefficient (Wildman–Crippen LogP) is -0.444. The molecule has 7 heteroatoms. The number of aliphatic carboxylic acids is 1. The minimum Gasteiger partial charge on any atom is -0.481 e. The smallest absolute Gasteiger partial charge is 0.306 e. The average Bonchev–Trinajstić information content (AvgIpc) is 2.45. The number of piperazine rings is 1. The number of benzene rings is 1. The van der Waals surface area contributed by atoms with Crippen LogP contribution in [0.5, 0.6) is 0 Å². The zero-order chi connectivity index (χ0) is 15.4. The van der Waals surface area contributed by atoms with Crippen LogP contribution >= 0.6 is 0 Å². The third kappa shape index (κ3) is 3.25. The lowest BCUT2D eigenvalue weighted by Crippen LogP contribution is -2.63. The second-order valence-electron chi connectivity index (χ2n) is 4.72. The number of amides is 3. The Labute approximate surface area is 120 Å². The van der Waals surface area contributed by atoms with Gasteiger partial charge < -0.3 is 10.4 Å². The summed E-state index contributed by atoms with van der Waals surface area (Å²) in [7, 11) is 0. The fourth-order valence-electron chi connectivity index (χ4n) is 2.26. The molecule has 21 heavy (non-hydrogen) atoms. The van der Waals surface area contributed by atoms with Gasteiger partial charge in [-0.15, -0.1) is 0 Å². The molecule has 110 valence electrons. The van der Waals surface area contributed by atoms with Crippen LogP contribution in [0, 0.1) is 0 Å². The molecule has 1 saturated heterocycles. The van der Waals surface area contributed by atoms with Gasteiger partial charge in [0.2, 0.25) is 12.3 Å². The number of nitrogens with zero attached hydrogens (tertiary/aromatic N) is 1. The Kier molecular flexibility index (Phi) is 4.32. The molecule has 0 bridgehead atoms. The molecule has 2 N–H and O–H groups in total. The molecule has 1 aliphatic heterocycles. The molecule has 2 atom stereocenters. The second kappa shape index (κ2) is 6.17. The van der Waals surface area contributed by atoms with Crippen molar-refractivity contribution in [3.8, 4) is 0 Å². The third-order valence-electron chi connectivity index (χ3n) is 3.27. The van der Waals surface area contributed by atoms with Crippen molar-refractivity contribution in [3.63, 3.8) is 0 Å². The van der Waals surface area contributed by atoms with E-state index in [1.807, 2.05) is 6.07 Å². The predicted molar refractivity (Wildman–Crippen MR) is 71.0 cm³/mol. The van der Waals surface area contributed by atoms with Crippen molar-refractivity contribution in [3.05, 3.63) is 35.9 Å². The van der Waals surface area contributed by atoms with E-state index < -0.39 is 36.3 Å². The van der Waals surface area contributed by atoms with Crippen LogP contribution in [-0.4, -0.2) is 46.3 Å². The fourth-order valence-corrected chi connectivity index (χ4v) is 2.26. The van der Waals surface area contributed by atoms with E-state index in [9.17, 15) is 19.2 Å². The highest BCUT2D eigenvalue weighted by Crippen LogP contribution is 2.15. The van der Waals surface area contributed by atoms with Gasteiger partial charge in [-0.3, -0.25) is 24.1 Å². The topological polar surface area (TPSA) is 104 Å². The van der Waals surface area contributed by atoms with Crippen molar-refractivity contribution in [2.45, 2.75) is 24.9 Å². The summed E-state index contributed by atoms with van der Waals surface area (Å²) in [6.45, 7) is 0. The van der Waals surface area contributed by atoms with Crippen LogP contribution in [0.25, 0.3) is 0 Å². The Hall–Kier alpha value is -2.70. The van der Waals surface area contributed by atoms with Crippen LogP contribution in [0.1, 0.15) is 12.0 Å². The SMILES string of the molecule is O=CN1C(=O)[C@H](Cc2ccccc2)NC(=O)[C@@H]1CC(=O)O. The Morgan fingerprint density at radius 2 is 1.95 bits per heavy atom. The van der Waals surface area contributed by atoms with Crippen molar-refractivity contribution < 1.29 is 24.3 Å². The van der Waals surface area contributed by atoms with E-state index in [4.69, 9.17) is 5.11 Å². The van der Waals surface area contributed by atoms with Crippen molar-refractivity contribution in [2.24, 2.45) is 0 Å². The average molecular weight is 290 g/mol. The van der Waals surface area contributed by atoms with Gasteiger partial charge in [0.15, 0.2) is 0 Å². The number of carbonyl (C=O) groups excluding carboxylic acids is 3. The van der Waals surface area contributed by atoms with Crippen LogP contribution in [0.15, 0.2) is 30.3 Å². The zero-order valence-electron chi connectivity index (χ0n) is 11.1. The molecule has 0 saturated carbocycles. The molecule has 0 aromatic heterocycles. The van der Waals surface area contributed by atoms with Gasteiger partial charge in [-0.2, -0.15) is 0 Å². The lowest BCUT2D eigenvalue weighted by Gasteiger charge is -2.34. The van der Waals surface area contributed by atoms with E-state index >= 15 is 0 Å². The number of carboxylic acids is 1. The number of nitrogens with one attached hydrogen (secondary N) is 1. The van der Waals surface area contributed by atoms with Gasteiger partial charge in [0, 0.05) is 6.42 Å². The van der Waals surface area contributed by atoms with Crippen molar-refractivity contribution in [2.75, 3.05) is 0 Å². The van der Waals surface area contributed by atoms with Crippen molar-refractivity contribution in [1.29, 1.82) is 0 Å².